The maximum absolute atomic E-state index is 13.2. The Balaban J connectivity index is 2.40. The van der Waals surface area contributed by atoms with Crippen LogP contribution in [-0.2, 0) is 11.3 Å². The second-order valence-electron chi connectivity index (χ2n) is 8.88. The summed E-state index contributed by atoms with van der Waals surface area (Å²) in [5, 5.41) is 0. The van der Waals surface area contributed by atoms with Gasteiger partial charge in [0.1, 0.15) is 5.82 Å². The third-order valence-corrected chi connectivity index (χ3v) is 4.98. The Bertz CT molecular complexity index is 796. The molecule has 1 aromatic heterocycles. The zero-order valence-electron chi connectivity index (χ0n) is 17.8. The molecule has 1 aliphatic rings. The molecule has 1 amide bonds. The number of nitrogens with zero attached hydrogens (tertiary/aromatic N) is 3. The van der Waals surface area contributed by atoms with E-state index in [9.17, 15) is 14.4 Å². The first kappa shape index (κ1) is 22.2. The number of likely N-dealkylation sites (tertiary alicyclic amines) is 1. The third-order valence-electron chi connectivity index (χ3n) is 4.98. The molecule has 1 atom stereocenters. The molecule has 8 nitrogen and oxygen atoms in total. The quantitative estimate of drug-likeness (QED) is 0.730. The highest BCUT2D eigenvalue weighted by Gasteiger charge is 2.27. The Labute approximate surface area is 166 Å². The summed E-state index contributed by atoms with van der Waals surface area (Å²) in [7, 11) is 0. The van der Waals surface area contributed by atoms with E-state index in [1.807, 2.05) is 27.7 Å². The van der Waals surface area contributed by atoms with Crippen LogP contribution in [0.1, 0.15) is 47.5 Å². The molecule has 0 aliphatic carbocycles. The molecule has 158 valence electrons. The molecule has 28 heavy (non-hydrogen) atoms. The van der Waals surface area contributed by atoms with E-state index in [1.165, 1.54) is 15.9 Å². The Morgan fingerprint density at radius 2 is 1.93 bits per heavy atom. The highest BCUT2D eigenvalue weighted by Crippen LogP contribution is 2.21. The lowest BCUT2D eigenvalue weighted by Crippen LogP contribution is -2.48. The number of rotatable bonds is 7. The van der Waals surface area contributed by atoms with Crippen LogP contribution >= 0.6 is 0 Å². The van der Waals surface area contributed by atoms with Gasteiger partial charge < -0.3 is 10.6 Å². The van der Waals surface area contributed by atoms with Crippen molar-refractivity contribution in [1.29, 1.82) is 0 Å². The van der Waals surface area contributed by atoms with Crippen LogP contribution in [0.25, 0.3) is 0 Å². The Morgan fingerprint density at radius 3 is 2.50 bits per heavy atom. The molecule has 3 N–H and O–H groups in total. The smallest absolute Gasteiger partial charge is 0.330 e. The number of aromatic nitrogens is 2. The number of piperidine rings is 1. The molecule has 1 unspecified atom stereocenters. The number of hydrogen-bond acceptors (Lipinski definition) is 5. The number of nitrogens with two attached hydrogens (primary N) is 1. The van der Waals surface area contributed by atoms with Crippen molar-refractivity contribution in [3.05, 3.63) is 20.8 Å². The van der Waals surface area contributed by atoms with Gasteiger partial charge >= 0.3 is 5.69 Å². The van der Waals surface area contributed by atoms with Gasteiger partial charge in [0.2, 0.25) is 5.91 Å². The second kappa shape index (κ2) is 9.41. The van der Waals surface area contributed by atoms with Gasteiger partial charge in [0.05, 0.1) is 6.54 Å². The zero-order chi connectivity index (χ0) is 21.0. The van der Waals surface area contributed by atoms with Gasteiger partial charge in [-0.15, -0.1) is 0 Å². The highest BCUT2D eigenvalue weighted by molar-refractivity contribution is 5.96. The molecule has 1 saturated heterocycles. The van der Waals surface area contributed by atoms with E-state index < -0.39 is 11.2 Å². The predicted molar refractivity (Wildman–Crippen MR) is 113 cm³/mol. The molecule has 0 saturated carbocycles. The Morgan fingerprint density at radius 1 is 1.25 bits per heavy atom. The zero-order valence-corrected chi connectivity index (χ0v) is 17.8. The first-order valence-corrected chi connectivity index (χ1v) is 10.2. The fourth-order valence-corrected chi connectivity index (χ4v) is 3.77. The maximum Gasteiger partial charge on any atom is 0.330 e. The van der Waals surface area contributed by atoms with E-state index in [-0.39, 0.29) is 35.8 Å². The number of H-pyrrole nitrogens is 1. The lowest BCUT2D eigenvalue weighted by molar-refractivity contribution is -0.120. The number of aromatic amines is 1. The fourth-order valence-electron chi connectivity index (χ4n) is 3.77. The van der Waals surface area contributed by atoms with Crippen LogP contribution in [0.15, 0.2) is 9.59 Å². The van der Waals surface area contributed by atoms with Crippen LogP contribution in [0.4, 0.5) is 11.5 Å². The summed E-state index contributed by atoms with van der Waals surface area (Å²) < 4.78 is 1.35. The van der Waals surface area contributed by atoms with Gasteiger partial charge in [0.15, 0.2) is 5.69 Å². The monoisotopic (exact) mass is 393 g/mol. The van der Waals surface area contributed by atoms with Gasteiger partial charge in [0.25, 0.3) is 5.56 Å². The van der Waals surface area contributed by atoms with Crippen molar-refractivity contribution in [3.8, 4) is 0 Å². The first-order valence-electron chi connectivity index (χ1n) is 10.2. The van der Waals surface area contributed by atoms with E-state index in [2.05, 4.69) is 16.8 Å². The van der Waals surface area contributed by atoms with Gasteiger partial charge in [-0.2, -0.15) is 0 Å². The minimum atomic E-state index is -0.608. The topological polar surface area (TPSA) is 104 Å². The van der Waals surface area contributed by atoms with Gasteiger partial charge in [-0.3, -0.25) is 24.0 Å². The molecule has 2 heterocycles. The van der Waals surface area contributed by atoms with Crippen molar-refractivity contribution in [2.75, 3.05) is 36.8 Å². The van der Waals surface area contributed by atoms with Crippen molar-refractivity contribution in [2.45, 2.75) is 54.0 Å². The van der Waals surface area contributed by atoms with Gasteiger partial charge in [-0.25, -0.2) is 4.79 Å². The highest BCUT2D eigenvalue weighted by atomic mass is 16.2. The lowest BCUT2D eigenvalue weighted by atomic mass is 10.0. The molecule has 1 fully saturated rings. The number of nitrogens with one attached hydrogen (secondary N) is 1. The largest absolute Gasteiger partial charge is 0.383 e. The molecule has 0 radical (unpaired) electrons. The molecule has 2 rings (SSSR count). The summed E-state index contributed by atoms with van der Waals surface area (Å²) in [4.78, 5) is 44.0. The maximum atomic E-state index is 13.2. The van der Waals surface area contributed by atoms with Crippen LogP contribution in [0.5, 0.6) is 0 Å². The van der Waals surface area contributed by atoms with E-state index in [4.69, 9.17) is 5.73 Å². The molecule has 1 aliphatic heterocycles. The number of amides is 1. The summed E-state index contributed by atoms with van der Waals surface area (Å²) in [5.74, 6) is 0.774. The molecular weight excluding hydrogens is 358 g/mol. The third kappa shape index (κ3) is 5.47. The summed E-state index contributed by atoms with van der Waals surface area (Å²) >= 11 is 0. The number of hydrogen-bond donors (Lipinski definition) is 2. The SMILES string of the molecule is CC(C)CN(C(=O)CN1CCCC(C)C1)c1c(N)n(CC(C)C)c(=O)[nH]c1=O. The average Bonchev–Trinajstić information content (AvgIpc) is 2.57. The normalized spacial score (nSPS) is 18.0. The van der Waals surface area contributed by atoms with Crippen LogP contribution in [0, 0.1) is 17.8 Å². The Kier molecular flexibility index (Phi) is 7.46. The molecular formula is C20H35N5O3. The Hall–Kier alpha value is -2.09. The standard InChI is InChI=1S/C20H35N5O3/c1-13(2)9-24(16(26)12-23-8-6-7-15(5)11-23)17-18(21)25(10-14(3)4)20(28)22-19(17)27/h13-15H,6-12,21H2,1-5H3,(H,22,27,28). The molecule has 8 heteroatoms. The minimum Gasteiger partial charge on any atom is -0.383 e. The fraction of sp³-hybridized carbons (Fsp3) is 0.750. The van der Waals surface area contributed by atoms with Crippen molar-refractivity contribution >= 4 is 17.4 Å². The molecule has 0 bridgehead atoms. The van der Waals surface area contributed by atoms with E-state index in [0.717, 1.165) is 19.5 Å². The van der Waals surface area contributed by atoms with Crippen molar-refractivity contribution in [2.24, 2.45) is 17.8 Å². The lowest BCUT2D eigenvalue weighted by Gasteiger charge is -2.33. The summed E-state index contributed by atoms with van der Waals surface area (Å²) in [6, 6.07) is 0. The average molecular weight is 394 g/mol. The summed E-state index contributed by atoms with van der Waals surface area (Å²) in [6.45, 7) is 12.8. The molecule has 1 aromatic rings. The van der Waals surface area contributed by atoms with Crippen LogP contribution < -0.4 is 21.9 Å². The van der Waals surface area contributed by atoms with E-state index in [1.54, 1.807) is 0 Å². The van der Waals surface area contributed by atoms with Gasteiger partial charge in [-0.1, -0.05) is 34.6 Å². The molecule has 0 aromatic carbocycles. The van der Waals surface area contributed by atoms with Gasteiger partial charge in [0, 0.05) is 19.6 Å². The van der Waals surface area contributed by atoms with Crippen LogP contribution in [0.2, 0.25) is 0 Å². The number of anilines is 2. The van der Waals surface area contributed by atoms with Crippen molar-refractivity contribution in [3.63, 3.8) is 0 Å². The number of carbonyl (C=O) groups is 1. The van der Waals surface area contributed by atoms with Gasteiger partial charge in [-0.05, 0) is 37.1 Å². The predicted octanol–water partition coefficient (Wildman–Crippen LogP) is 1.50. The summed E-state index contributed by atoms with van der Waals surface area (Å²) in [6.07, 6.45) is 2.24. The minimum absolute atomic E-state index is 0.0588. The number of carbonyl (C=O) groups excluding carboxylic acids is 1. The number of nitrogen functional groups attached to an aromatic ring is 1. The van der Waals surface area contributed by atoms with Crippen molar-refractivity contribution < 1.29 is 4.79 Å². The second-order valence-corrected chi connectivity index (χ2v) is 8.88. The summed E-state index contributed by atoms with van der Waals surface area (Å²) in [5.41, 5.74) is 5.18. The van der Waals surface area contributed by atoms with Crippen LogP contribution in [0.3, 0.4) is 0 Å². The van der Waals surface area contributed by atoms with Crippen molar-refractivity contribution in [1.82, 2.24) is 14.5 Å². The van der Waals surface area contributed by atoms with E-state index >= 15 is 0 Å². The van der Waals surface area contributed by atoms with E-state index in [0.29, 0.717) is 19.0 Å². The first-order chi connectivity index (χ1) is 13.1. The molecule has 0 spiro atoms. The van der Waals surface area contributed by atoms with Crippen LogP contribution in [-0.4, -0.2) is 46.5 Å².